The molecule has 0 saturated carbocycles. The second-order valence-electron chi connectivity index (χ2n) is 8.17. The maximum absolute atomic E-state index is 12.2. The summed E-state index contributed by atoms with van der Waals surface area (Å²) in [6, 6.07) is 2.18. The number of allylic oxidation sites excluding steroid dienone is 1. The number of nitrogens with zero attached hydrogens (tertiary/aromatic N) is 4. The van der Waals surface area contributed by atoms with Crippen molar-refractivity contribution in [1.29, 1.82) is 0 Å². The number of ether oxygens (including phenoxy) is 1. The molecule has 28 heavy (non-hydrogen) atoms. The Balaban J connectivity index is 1.62. The van der Waals surface area contributed by atoms with Gasteiger partial charge in [-0.1, -0.05) is 0 Å². The van der Waals surface area contributed by atoms with E-state index in [1.165, 1.54) is 0 Å². The number of carbonyl (C=O) groups is 1. The molecule has 1 N–H and O–H groups in total. The van der Waals surface area contributed by atoms with Crippen molar-refractivity contribution in [3.05, 3.63) is 35.9 Å². The van der Waals surface area contributed by atoms with Crippen LogP contribution in [-0.2, 0) is 4.74 Å². The highest BCUT2D eigenvalue weighted by atomic mass is 16.6. The predicted molar refractivity (Wildman–Crippen MR) is 112 cm³/mol. The van der Waals surface area contributed by atoms with Crippen LogP contribution in [-0.4, -0.2) is 51.2 Å². The fourth-order valence-electron chi connectivity index (χ4n) is 3.31. The molecule has 1 aliphatic heterocycles. The minimum Gasteiger partial charge on any atom is -0.444 e. The number of piperidine rings is 1. The van der Waals surface area contributed by atoms with Crippen molar-refractivity contribution in [1.82, 2.24) is 19.7 Å². The molecule has 0 aliphatic carbocycles. The van der Waals surface area contributed by atoms with E-state index in [4.69, 9.17) is 4.74 Å². The van der Waals surface area contributed by atoms with E-state index in [2.05, 4.69) is 41.0 Å². The van der Waals surface area contributed by atoms with Crippen LogP contribution in [0.3, 0.4) is 0 Å². The standard InChI is InChI=1S/C21H29N5O2/c1-15(12-19-18(22-5)6-9-23-19)16-13-24-26(14-16)17-7-10-25(11-8-17)20(27)28-21(2,3)4/h6,9,12-14,17,23H,5,7-8,10-11H2,1-4H3/b15-12+. The molecule has 0 unspecified atom stereocenters. The van der Waals surface area contributed by atoms with Gasteiger partial charge in [0.1, 0.15) is 5.60 Å². The number of H-pyrrole nitrogens is 1. The highest BCUT2D eigenvalue weighted by Gasteiger charge is 2.27. The molecule has 2 aromatic heterocycles. The molecule has 0 spiro atoms. The molecular weight excluding hydrogens is 354 g/mol. The third kappa shape index (κ3) is 4.71. The first-order valence-electron chi connectivity index (χ1n) is 9.61. The summed E-state index contributed by atoms with van der Waals surface area (Å²) >= 11 is 0. The quantitative estimate of drug-likeness (QED) is 0.779. The fraction of sp³-hybridized carbons (Fsp3) is 0.476. The van der Waals surface area contributed by atoms with E-state index < -0.39 is 5.60 Å². The van der Waals surface area contributed by atoms with Crippen LogP contribution in [0.25, 0.3) is 11.6 Å². The van der Waals surface area contributed by atoms with Gasteiger partial charge in [0.25, 0.3) is 0 Å². The van der Waals surface area contributed by atoms with Crippen LogP contribution < -0.4 is 0 Å². The summed E-state index contributed by atoms with van der Waals surface area (Å²) in [6.45, 7) is 12.7. The van der Waals surface area contributed by atoms with Gasteiger partial charge in [0.2, 0.25) is 0 Å². The first-order chi connectivity index (χ1) is 13.3. The average molecular weight is 383 g/mol. The lowest BCUT2D eigenvalue weighted by molar-refractivity contribution is 0.0185. The van der Waals surface area contributed by atoms with Crippen molar-refractivity contribution >= 4 is 30.1 Å². The maximum Gasteiger partial charge on any atom is 0.410 e. The van der Waals surface area contributed by atoms with Crippen LogP contribution >= 0.6 is 0 Å². The zero-order valence-electron chi connectivity index (χ0n) is 17.1. The van der Waals surface area contributed by atoms with Gasteiger partial charge in [0.05, 0.1) is 23.6 Å². The summed E-state index contributed by atoms with van der Waals surface area (Å²) < 4.78 is 7.48. The van der Waals surface area contributed by atoms with Gasteiger partial charge >= 0.3 is 6.09 Å². The van der Waals surface area contributed by atoms with Gasteiger partial charge in [0, 0.05) is 31.0 Å². The number of aromatic amines is 1. The van der Waals surface area contributed by atoms with Crippen molar-refractivity contribution in [2.75, 3.05) is 13.1 Å². The lowest BCUT2D eigenvalue weighted by Crippen LogP contribution is -2.42. The second-order valence-corrected chi connectivity index (χ2v) is 8.17. The number of nitrogens with one attached hydrogen (secondary N) is 1. The monoisotopic (exact) mass is 383 g/mol. The lowest BCUT2D eigenvalue weighted by Gasteiger charge is -2.33. The van der Waals surface area contributed by atoms with Gasteiger partial charge in [-0.15, -0.1) is 0 Å². The fourth-order valence-corrected chi connectivity index (χ4v) is 3.31. The Morgan fingerprint density at radius 1 is 1.39 bits per heavy atom. The summed E-state index contributed by atoms with van der Waals surface area (Å²) in [7, 11) is 0. The number of rotatable bonds is 4. The van der Waals surface area contributed by atoms with Crippen molar-refractivity contribution in [3.8, 4) is 0 Å². The van der Waals surface area contributed by atoms with E-state index in [0.29, 0.717) is 13.1 Å². The minimum absolute atomic E-state index is 0.233. The largest absolute Gasteiger partial charge is 0.444 e. The van der Waals surface area contributed by atoms with E-state index in [0.717, 1.165) is 35.4 Å². The molecule has 7 heteroatoms. The van der Waals surface area contributed by atoms with Crippen molar-refractivity contribution < 1.29 is 9.53 Å². The Morgan fingerprint density at radius 3 is 2.75 bits per heavy atom. The molecule has 1 amide bonds. The third-order valence-electron chi connectivity index (χ3n) is 4.83. The Kier molecular flexibility index (Phi) is 5.72. The number of amides is 1. The maximum atomic E-state index is 12.2. The molecule has 0 atom stereocenters. The van der Waals surface area contributed by atoms with Crippen molar-refractivity contribution in [2.24, 2.45) is 4.99 Å². The lowest BCUT2D eigenvalue weighted by atomic mass is 10.1. The van der Waals surface area contributed by atoms with Crippen LogP contribution in [0.5, 0.6) is 0 Å². The number of hydrogen-bond acceptors (Lipinski definition) is 4. The molecule has 1 fully saturated rings. The number of aliphatic imine (C=N–C) groups is 1. The van der Waals surface area contributed by atoms with Crippen molar-refractivity contribution in [2.45, 2.75) is 52.2 Å². The molecule has 1 aliphatic rings. The first kappa shape index (κ1) is 19.9. The van der Waals surface area contributed by atoms with E-state index in [-0.39, 0.29) is 12.1 Å². The van der Waals surface area contributed by atoms with Gasteiger partial charge in [0.15, 0.2) is 0 Å². The molecule has 0 bridgehead atoms. The summed E-state index contributed by atoms with van der Waals surface area (Å²) in [4.78, 5) is 21.2. The number of hydrogen-bond donors (Lipinski definition) is 1. The molecule has 3 rings (SSSR count). The summed E-state index contributed by atoms with van der Waals surface area (Å²) in [5, 5.41) is 4.56. The highest BCUT2D eigenvalue weighted by molar-refractivity contribution is 5.82. The highest BCUT2D eigenvalue weighted by Crippen LogP contribution is 2.27. The minimum atomic E-state index is -0.463. The first-order valence-corrected chi connectivity index (χ1v) is 9.61. The predicted octanol–water partition coefficient (Wildman–Crippen LogP) is 4.68. The van der Waals surface area contributed by atoms with Crippen LogP contribution in [0.1, 0.15) is 57.8 Å². The third-order valence-corrected chi connectivity index (χ3v) is 4.83. The Morgan fingerprint density at radius 2 is 2.11 bits per heavy atom. The molecule has 0 radical (unpaired) electrons. The SMILES string of the molecule is C=Nc1cc[nH]c1/C=C(\C)c1cnn(C2CCN(C(=O)OC(C)(C)C)CC2)c1. The number of likely N-dealkylation sites (tertiary alicyclic amines) is 1. The van der Waals surface area contributed by atoms with E-state index in [1.54, 1.807) is 4.90 Å². The van der Waals surface area contributed by atoms with E-state index in [9.17, 15) is 4.79 Å². The number of aromatic nitrogens is 3. The summed E-state index contributed by atoms with van der Waals surface area (Å²) in [6.07, 6.45) is 9.36. The summed E-state index contributed by atoms with van der Waals surface area (Å²) in [5.74, 6) is 0. The van der Waals surface area contributed by atoms with Crippen molar-refractivity contribution in [3.63, 3.8) is 0 Å². The molecule has 1 saturated heterocycles. The molecule has 7 nitrogen and oxygen atoms in total. The molecule has 150 valence electrons. The average Bonchev–Trinajstić information content (AvgIpc) is 3.29. The topological polar surface area (TPSA) is 75.5 Å². The molecule has 2 aromatic rings. The zero-order valence-corrected chi connectivity index (χ0v) is 17.1. The zero-order chi connectivity index (χ0) is 20.3. The molecule has 3 heterocycles. The van der Waals surface area contributed by atoms with Crippen LogP contribution in [0.15, 0.2) is 29.6 Å². The summed E-state index contributed by atoms with van der Waals surface area (Å²) in [5.41, 5.74) is 3.48. The smallest absolute Gasteiger partial charge is 0.410 e. The Hall–Kier alpha value is -2.83. The van der Waals surface area contributed by atoms with Crippen LogP contribution in [0, 0.1) is 0 Å². The van der Waals surface area contributed by atoms with E-state index in [1.807, 2.05) is 43.9 Å². The Bertz CT molecular complexity index is 863. The van der Waals surface area contributed by atoms with Gasteiger partial charge in [-0.3, -0.25) is 9.67 Å². The second kappa shape index (κ2) is 8.04. The van der Waals surface area contributed by atoms with Crippen LogP contribution in [0.2, 0.25) is 0 Å². The molecular formula is C21H29N5O2. The molecule has 0 aromatic carbocycles. The van der Waals surface area contributed by atoms with E-state index >= 15 is 0 Å². The van der Waals surface area contributed by atoms with Gasteiger partial charge in [-0.25, -0.2) is 4.79 Å². The Labute approximate surface area is 166 Å². The van der Waals surface area contributed by atoms with Gasteiger partial charge in [-0.05, 0) is 65.0 Å². The normalized spacial score (nSPS) is 16.3. The van der Waals surface area contributed by atoms with Crippen LogP contribution in [0.4, 0.5) is 10.5 Å². The number of carbonyl (C=O) groups excluding carboxylic acids is 1. The van der Waals surface area contributed by atoms with Gasteiger partial charge in [-0.2, -0.15) is 5.10 Å². The van der Waals surface area contributed by atoms with Gasteiger partial charge < -0.3 is 14.6 Å².